The Labute approximate surface area is 121 Å². The van der Waals surface area contributed by atoms with Crippen molar-refractivity contribution >= 4 is 11.6 Å². The maximum absolute atomic E-state index is 13.8. The van der Waals surface area contributed by atoms with Gasteiger partial charge in [0.15, 0.2) is 0 Å². The summed E-state index contributed by atoms with van der Waals surface area (Å²) in [7, 11) is 1.48. The molecule has 0 atom stereocenters. The summed E-state index contributed by atoms with van der Waals surface area (Å²) >= 11 is 5.95. The first-order valence-corrected chi connectivity index (χ1v) is 6.37. The van der Waals surface area contributed by atoms with Gasteiger partial charge < -0.3 is 14.6 Å². The molecule has 0 bridgehead atoms. The molecule has 0 aliphatic heterocycles. The van der Waals surface area contributed by atoms with Crippen molar-refractivity contribution in [3.63, 3.8) is 0 Å². The lowest BCUT2D eigenvalue weighted by Crippen LogP contribution is -2.01. The van der Waals surface area contributed by atoms with E-state index >= 15 is 0 Å². The van der Waals surface area contributed by atoms with Crippen LogP contribution in [0.2, 0.25) is 5.02 Å². The van der Waals surface area contributed by atoms with E-state index < -0.39 is 5.82 Å². The number of benzene rings is 2. The minimum atomic E-state index is -0.406. The Hall–Kier alpha value is -1.78. The molecule has 0 fully saturated rings. The van der Waals surface area contributed by atoms with Crippen molar-refractivity contribution in [3.8, 4) is 11.5 Å². The maximum Gasteiger partial charge on any atom is 0.133 e. The quantitative estimate of drug-likeness (QED) is 0.917. The van der Waals surface area contributed by atoms with Crippen molar-refractivity contribution < 1.29 is 19.0 Å². The van der Waals surface area contributed by atoms with Crippen LogP contribution in [0.3, 0.4) is 0 Å². The van der Waals surface area contributed by atoms with Crippen LogP contribution in [0.15, 0.2) is 36.4 Å². The highest BCUT2D eigenvalue weighted by molar-refractivity contribution is 6.31. The largest absolute Gasteiger partial charge is 0.497 e. The number of aliphatic hydroxyl groups is 1. The predicted molar refractivity (Wildman–Crippen MR) is 74.7 cm³/mol. The summed E-state index contributed by atoms with van der Waals surface area (Å²) in [5, 5.41) is 9.68. The third kappa shape index (κ3) is 3.21. The summed E-state index contributed by atoms with van der Waals surface area (Å²) in [4.78, 5) is 0. The Morgan fingerprint density at radius 2 is 2.05 bits per heavy atom. The van der Waals surface area contributed by atoms with E-state index in [1.807, 2.05) is 0 Å². The summed E-state index contributed by atoms with van der Waals surface area (Å²) in [6.45, 7) is -0.191. The molecule has 0 aliphatic rings. The molecule has 106 valence electrons. The van der Waals surface area contributed by atoms with Crippen LogP contribution < -0.4 is 9.47 Å². The van der Waals surface area contributed by atoms with E-state index in [-0.39, 0.29) is 13.2 Å². The Morgan fingerprint density at radius 1 is 1.25 bits per heavy atom. The van der Waals surface area contributed by atoms with E-state index in [0.29, 0.717) is 27.6 Å². The molecule has 3 nitrogen and oxygen atoms in total. The van der Waals surface area contributed by atoms with Gasteiger partial charge in [0, 0.05) is 22.2 Å². The molecule has 5 heteroatoms. The molecule has 0 unspecified atom stereocenters. The van der Waals surface area contributed by atoms with Gasteiger partial charge in [0.25, 0.3) is 0 Å². The van der Waals surface area contributed by atoms with Crippen molar-refractivity contribution in [2.24, 2.45) is 0 Å². The zero-order valence-electron chi connectivity index (χ0n) is 10.9. The van der Waals surface area contributed by atoms with Crippen LogP contribution in [0, 0.1) is 5.82 Å². The van der Waals surface area contributed by atoms with Gasteiger partial charge in [-0.05, 0) is 24.3 Å². The fourth-order valence-corrected chi connectivity index (χ4v) is 1.98. The van der Waals surface area contributed by atoms with E-state index in [0.717, 1.165) is 0 Å². The molecule has 0 heterocycles. The van der Waals surface area contributed by atoms with E-state index in [9.17, 15) is 9.50 Å². The molecule has 2 rings (SSSR count). The van der Waals surface area contributed by atoms with Gasteiger partial charge >= 0.3 is 0 Å². The smallest absolute Gasteiger partial charge is 0.133 e. The molecule has 0 saturated heterocycles. The third-order valence-electron chi connectivity index (χ3n) is 2.88. The first-order valence-electron chi connectivity index (χ1n) is 5.99. The van der Waals surface area contributed by atoms with Gasteiger partial charge in [0.1, 0.15) is 23.9 Å². The second-order valence-corrected chi connectivity index (χ2v) is 4.53. The molecule has 1 N–H and O–H groups in total. The van der Waals surface area contributed by atoms with Gasteiger partial charge in [0.05, 0.1) is 13.7 Å². The highest BCUT2D eigenvalue weighted by atomic mass is 35.5. The molecule has 0 radical (unpaired) electrons. The van der Waals surface area contributed by atoms with E-state index in [2.05, 4.69) is 0 Å². The second kappa shape index (κ2) is 6.59. The average Bonchev–Trinajstić information content (AvgIpc) is 2.46. The lowest BCUT2D eigenvalue weighted by atomic mass is 10.2. The standard InChI is InChI=1S/C15H14ClFO3/c1-19-11-6-5-10(14(17)7-11)9-20-15-4-2-3-13(16)12(15)8-18/h2-7,18H,8-9H2,1H3. The van der Waals surface area contributed by atoms with Crippen LogP contribution >= 0.6 is 11.6 Å². The second-order valence-electron chi connectivity index (χ2n) is 4.12. The minimum Gasteiger partial charge on any atom is -0.497 e. The molecule has 0 aliphatic carbocycles. The molecule has 2 aromatic carbocycles. The topological polar surface area (TPSA) is 38.7 Å². The minimum absolute atomic E-state index is 0.0448. The molecule has 20 heavy (non-hydrogen) atoms. The number of rotatable bonds is 5. The summed E-state index contributed by atoms with van der Waals surface area (Å²) in [6.07, 6.45) is 0. The third-order valence-corrected chi connectivity index (χ3v) is 3.23. The Balaban J connectivity index is 2.15. The summed E-state index contributed by atoms with van der Waals surface area (Å²) in [5.41, 5.74) is 0.887. The fourth-order valence-electron chi connectivity index (χ4n) is 1.76. The summed E-state index contributed by atoms with van der Waals surface area (Å²) in [6, 6.07) is 9.60. The maximum atomic E-state index is 13.8. The van der Waals surface area contributed by atoms with Gasteiger partial charge in [-0.2, -0.15) is 0 Å². The zero-order valence-corrected chi connectivity index (χ0v) is 11.7. The average molecular weight is 297 g/mol. The number of methoxy groups -OCH3 is 1. The van der Waals surface area contributed by atoms with Crippen molar-refractivity contribution in [2.45, 2.75) is 13.2 Å². The van der Waals surface area contributed by atoms with Gasteiger partial charge in [-0.3, -0.25) is 0 Å². The van der Waals surface area contributed by atoms with E-state index in [1.54, 1.807) is 30.3 Å². The number of hydrogen-bond donors (Lipinski definition) is 1. The van der Waals surface area contributed by atoms with Gasteiger partial charge in [-0.1, -0.05) is 17.7 Å². The predicted octanol–water partition coefficient (Wildman–Crippen LogP) is 3.56. The first-order chi connectivity index (χ1) is 9.65. The molecule has 0 amide bonds. The van der Waals surface area contributed by atoms with Crippen LogP contribution in [0.25, 0.3) is 0 Å². The van der Waals surface area contributed by atoms with Gasteiger partial charge in [-0.15, -0.1) is 0 Å². The number of ether oxygens (including phenoxy) is 2. The molecule has 2 aromatic rings. The SMILES string of the molecule is COc1ccc(COc2cccc(Cl)c2CO)c(F)c1. The normalized spacial score (nSPS) is 10.4. The molecule has 0 saturated carbocycles. The van der Waals surface area contributed by atoms with Crippen molar-refractivity contribution in [3.05, 3.63) is 58.4 Å². The van der Waals surface area contributed by atoms with Crippen LogP contribution in [0.4, 0.5) is 4.39 Å². The molecular weight excluding hydrogens is 283 g/mol. The van der Waals surface area contributed by atoms with Crippen molar-refractivity contribution in [1.82, 2.24) is 0 Å². The van der Waals surface area contributed by atoms with Crippen LogP contribution in [0.5, 0.6) is 11.5 Å². The van der Waals surface area contributed by atoms with E-state index in [4.69, 9.17) is 21.1 Å². The fraction of sp³-hybridized carbons (Fsp3) is 0.200. The van der Waals surface area contributed by atoms with Gasteiger partial charge in [-0.25, -0.2) is 4.39 Å². The monoisotopic (exact) mass is 296 g/mol. The lowest BCUT2D eigenvalue weighted by molar-refractivity contribution is 0.257. The Kier molecular flexibility index (Phi) is 4.82. The number of hydrogen-bond acceptors (Lipinski definition) is 3. The number of aliphatic hydroxyl groups excluding tert-OH is 1. The Morgan fingerprint density at radius 3 is 2.70 bits per heavy atom. The molecular formula is C15H14ClFO3. The Bertz CT molecular complexity index is 602. The summed E-state index contributed by atoms with van der Waals surface area (Å²) < 4.78 is 24.2. The highest BCUT2D eigenvalue weighted by Crippen LogP contribution is 2.27. The highest BCUT2D eigenvalue weighted by Gasteiger charge is 2.09. The zero-order chi connectivity index (χ0) is 14.5. The van der Waals surface area contributed by atoms with Crippen LogP contribution in [0.1, 0.15) is 11.1 Å². The summed E-state index contributed by atoms with van der Waals surface area (Å²) in [5.74, 6) is 0.484. The van der Waals surface area contributed by atoms with Crippen molar-refractivity contribution in [1.29, 1.82) is 0 Å². The van der Waals surface area contributed by atoms with Crippen LogP contribution in [-0.4, -0.2) is 12.2 Å². The first kappa shape index (κ1) is 14.6. The number of halogens is 2. The van der Waals surface area contributed by atoms with E-state index in [1.165, 1.54) is 13.2 Å². The van der Waals surface area contributed by atoms with Gasteiger partial charge in [0.2, 0.25) is 0 Å². The van der Waals surface area contributed by atoms with Crippen molar-refractivity contribution in [2.75, 3.05) is 7.11 Å². The lowest BCUT2D eigenvalue weighted by Gasteiger charge is -2.12. The van der Waals surface area contributed by atoms with Crippen LogP contribution in [-0.2, 0) is 13.2 Å². The molecule has 0 aromatic heterocycles. The molecule has 0 spiro atoms.